The highest BCUT2D eigenvalue weighted by Gasteiger charge is 2.33. The number of halogens is 3. The number of hydrogen-bond acceptors (Lipinski definition) is 3. The first kappa shape index (κ1) is 20.4. The molecule has 0 spiro atoms. The molecule has 2 N–H and O–H groups in total. The highest BCUT2D eigenvalue weighted by molar-refractivity contribution is 5.94. The minimum Gasteiger partial charge on any atom is -0.326 e. The standard InChI is InChI=1S/C19H20F3N3O2/c1-25(2)12-18(27)24-15-9-7-14(8-10-15)23-17(26)11-13-5-3-4-6-16(13)19(20,21)22/h3-10H,11-12H2,1-2H3,(H,23,26)(H,24,27). The second-order valence-corrected chi connectivity index (χ2v) is 6.24. The van der Waals surface area contributed by atoms with E-state index in [0.717, 1.165) is 6.07 Å². The first-order chi connectivity index (χ1) is 12.6. The highest BCUT2D eigenvalue weighted by Crippen LogP contribution is 2.32. The van der Waals surface area contributed by atoms with Crippen LogP contribution in [-0.2, 0) is 22.2 Å². The molecule has 0 saturated carbocycles. The molecule has 0 unspecified atom stereocenters. The van der Waals surface area contributed by atoms with Gasteiger partial charge < -0.3 is 15.5 Å². The van der Waals surface area contributed by atoms with Gasteiger partial charge in [0.05, 0.1) is 18.5 Å². The molecule has 0 aliphatic heterocycles. The van der Waals surface area contributed by atoms with Crippen LogP contribution < -0.4 is 10.6 Å². The molecule has 0 aliphatic rings. The van der Waals surface area contributed by atoms with E-state index >= 15 is 0 Å². The Hall–Kier alpha value is -2.87. The summed E-state index contributed by atoms with van der Waals surface area (Å²) in [6, 6.07) is 11.3. The van der Waals surface area contributed by atoms with Gasteiger partial charge in [-0.25, -0.2) is 0 Å². The number of carbonyl (C=O) groups excluding carboxylic acids is 2. The van der Waals surface area contributed by atoms with Crippen molar-refractivity contribution >= 4 is 23.2 Å². The molecule has 0 aliphatic carbocycles. The van der Waals surface area contributed by atoms with E-state index in [1.54, 1.807) is 43.3 Å². The maximum Gasteiger partial charge on any atom is 0.416 e. The zero-order valence-electron chi connectivity index (χ0n) is 14.9. The number of alkyl halides is 3. The Balaban J connectivity index is 1.98. The third-order valence-corrected chi connectivity index (χ3v) is 3.59. The largest absolute Gasteiger partial charge is 0.416 e. The SMILES string of the molecule is CN(C)CC(=O)Nc1ccc(NC(=O)Cc2ccccc2C(F)(F)F)cc1. The highest BCUT2D eigenvalue weighted by atomic mass is 19.4. The van der Waals surface area contributed by atoms with Gasteiger partial charge in [0.25, 0.3) is 0 Å². The fraction of sp³-hybridized carbons (Fsp3) is 0.263. The van der Waals surface area contributed by atoms with Crippen molar-refractivity contribution < 1.29 is 22.8 Å². The predicted octanol–water partition coefficient (Wildman–Crippen LogP) is 3.39. The van der Waals surface area contributed by atoms with Gasteiger partial charge in [-0.05, 0) is 50.0 Å². The van der Waals surface area contributed by atoms with Crippen LogP contribution in [0, 0.1) is 0 Å². The lowest BCUT2D eigenvalue weighted by atomic mass is 10.0. The molecule has 5 nitrogen and oxygen atoms in total. The van der Waals surface area contributed by atoms with Crippen LogP contribution in [0.15, 0.2) is 48.5 Å². The summed E-state index contributed by atoms with van der Waals surface area (Å²) in [5, 5.41) is 5.25. The number of amides is 2. The molecule has 0 bridgehead atoms. The second kappa shape index (κ2) is 8.68. The molecule has 27 heavy (non-hydrogen) atoms. The summed E-state index contributed by atoms with van der Waals surface area (Å²) < 4.78 is 39.0. The minimum absolute atomic E-state index is 0.0879. The van der Waals surface area contributed by atoms with Gasteiger partial charge in [-0.3, -0.25) is 9.59 Å². The van der Waals surface area contributed by atoms with Gasteiger partial charge in [0.1, 0.15) is 0 Å². The van der Waals surface area contributed by atoms with E-state index in [0.29, 0.717) is 11.4 Å². The fourth-order valence-electron chi connectivity index (χ4n) is 2.45. The van der Waals surface area contributed by atoms with E-state index in [1.807, 2.05) is 0 Å². The van der Waals surface area contributed by atoms with Crippen molar-refractivity contribution in [3.8, 4) is 0 Å². The molecule has 2 amide bonds. The normalized spacial score (nSPS) is 11.3. The second-order valence-electron chi connectivity index (χ2n) is 6.24. The van der Waals surface area contributed by atoms with Gasteiger partial charge in [0, 0.05) is 11.4 Å². The van der Waals surface area contributed by atoms with E-state index in [9.17, 15) is 22.8 Å². The first-order valence-corrected chi connectivity index (χ1v) is 8.15. The lowest BCUT2D eigenvalue weighted by Gasteiger charge is -2.13. The maximum atomic E-state index is 13.0. The van der Waals surface area contributed by atoms with Crippen molar-refractivity contribution in [3.63, 3.8) is 0 Å². The van der Waals surface area contributed by atoms with Crippen molar-refractivity contribution in [1.82, 2.24) is 4.90 Å². The van der Waals surface area contributed by atoms with Crippen molar-refractivity contribution in [2.75, 3.05) is 31.3 Å². The Morgan fingerprint density at radius 1 is 0.889 bits per heavy atom. The monoisotopic (exact) mass is 379 g/mol. The zero-order chi connectivity index (χ0) is 20.0. The van der Waals surface area contributed by atoms with Crippen molar-refractivity contribution in [2.24, 2.45) is 0 Å². The average molecular weight is 379 g/mol. The Morgan fingerprint density at radius 2 is 1.41 bits per heavy atom. The lowest BCUT2D eigenvalue weighted by molar-refractivity contribution is -0.138. The smallest absolute Gasteiger partial charge is 0.326 e. The van der Waals surface area contributed by atoms with Gasteiger partial charge >= 0.3 is 6.18 Å². The number of nitrogens with zero attached hydrogens (tertiary/aromatic N) is 1. The number of nitrogens with one attached hydrogen (secondary N) is 2. The van der Waals surface area contributed by atoms with Crippen LogP contribution in [-0.4, -0.2) is 37.4 Å². The van der Waals surface area contributed by atoms with Gasteiger partial charge in [-0.2, -0.15) is 13.2 Å². The van der Waals surface area contributed by atoms with E-state index < -0.39 is 24.1 Å². The summed E-state index contributed by atoms with van der Waals surface area (Å²) in [6.45, 7) is 0.233. The molecule has 2 aromatic rings. The molecule has 0 fully saturated rings. The lowest BCUT2D eigenvalue weighted by Crippen LogP contribution is -2.27. The van der Waals surface area contributed by atoms with Crippen LogP contribution in [0.1, 0.15) is 11.1 Å². The summed E-state index contributed by atoms with van der Waals surface area (Å²) in [5.41, 5.74) is 0.0755. The molecule has 0 saturated heterocycles. The zero-order valence-corrected chi connectivity index (χ0v) is 14.9. The number of carbonyl (C=O) groups is 2. The van der Waals surface area contributed by atoms with Crippen LogP contribution in [0.2, 0.25) is 0 Å². The van der Waals surface area contributed by atoms with E-state index in [1.165, 1.54) is 18.2 Å². The number of rotatable bonds is 6. The summed E-state index contributed by atoms with van der Waals surface area (Å²) in [6.07, 6.45) is -4.90. The average Bonchev–Trinajstić information content (AvgIpc) is 2.55. The Labute approximate surface area is 155 Å². The molecule has 8 heteroatoms. The van der Waals surface area contributed by atoms with Crippen molar-refractivity contribution in [1.29, 1.82) is 0 Å². The topological polar surface area (TPSA) is 61.4 Å². The van der Waals surface area contributed by atoms with Crippen LogP contribution >= 0.6 is 0 Å². The molecule has 0 aromatic heterocycles. The summed E-state index contributed by atoms with van der Waals surface area (Å²) in [7, 11) is 3.55. The Bertz CT molecular complexity index is 803. The fourth-order valence-corrected chi connectivity index (χ4v) is 2.45. The van der Waals surface area contributed by atoms with Crippen LogP contribution in [0.3, 0.4) is 0 Å². The first-order valence-electron chi connectivity index (χ1n) is 8.15. The predicted molar refractivity (Wildman–Crippen MR) is 97.4 cm³/mol. The minimum atomic E-state index is -4.51. The molecular formula is C19H20F3N3O2. The third-order valence-electron chi connectivity index (χ3n) is 3.59. The van der Waals surface area contributed by atoms with Gasteiger partial charge in [0.2, 0.25) is 11.8 Å². The molecular weight excluding hydrogens is 359 g/mol. The summed E-state index contributed by atoms with van der Waals surface area (Å²) >= 11 is 0. The number of likely N-dealkylation sites (N-methyl/N-ethyl adjacent to an activating group) is 1. The number of benzene rings is 2. The van der Waals surface area contributed by atoms with Crippen molar-refractivity contribution in [2.45, 2.75) is 12.6 Å². The van der Waals surface area contributed by atoms with E-state index in [-0.39, 0.29) is 18.0 Å². The Morgan fingerprint density at radius 3 is 1.93 bits per heavy atom. The van der Waals surface area contributed by atoms with Gasteiger partial charge in [-0.1, -0.05) is 18.2 Å². The van der Waals surface area contributed by atoms with Gasteiger partial charge in [0.15, 0.2) is 0 Å². The van der Waals surface area contributed by atoms with Gasteiger partial charge in [-0.15, -0.1) is 0 Å². The Kier molecular flexibility index (Phi) is 6.57. The van der Waals surface area contributed by atoms with E-state index in [4.69, 9.17) is 0 Å². The molecule has 2 aromatic carbocycles. The third kappa shape index (κ3) is 6.41. The van der Waals surface area contributed by atoms with Crippen molar-refractivity contribution in [3.05, 3.63) is 59.7 Å². The summed E-state index contributed by atoms with van der Waals surface area (Å²) in [5.74, 6) is -0.739. The summed E-state index contributed by atoms with van der Waals surface area (Å²) in [4.78, 5) is 25.5. The number of anilines is 2. The molecule has 0 radical (unpaired) electrons. The molecule has 144 valence electrons. The molecule has 0 atom stereocenters. The molecule has 2 rings (SSSR count). The quantitative estimate of drug-likeness (QED) is 0.809. The van der Waals surface area contributed by atoms with Crippen LogP contribution in [0.25, 0.3) is 0 Å². The number of hydrogen-bond donors (Lipinski definition) is 2. The molecule has 0 heterocycles. The maximum absolute atomic E-state index is 13.0. The van der Waals surface area contributed by atoms with E-state index in [2.05, 4.69) is 10.6 Å². The van der Waals surface area contributed by atoms with Crippen LogP contribution in [0.4, 0.5) is 24.5 Å². The van der Waals surface area contributed by atoms with Crippen LogP contribution in [0.5, 0.6) is 0 Å².